The van der Waals surface area contributed by atoms with Crippen molar-refractivity contribution in [1.29, 1.82) is 0 Å². The summed E-state index contributed by atoms with van der Waals surface area (Å²) in [6.07, 6.45) is 3.48. The summed E-state index contributed by atoms with van der Waals surface area (Å²) in [5.74, 6) is 1.83. The fourth-order valence-corrected chi connectivity index (χ4v) is 2.93. The van der Waals surface area contributed by atoms with Gasteiger partial charge in [-0.2, -0.15) is 0 Å². The van der Waals surface area contributed by atoms with E-state index in [2.05, 4.69) is 31.0 Å². The number of halogens is 1. The number of likely N-dealkylation sites (N-methyl/N-ethyl adjacent to an activating group) is 1. The average Bonchev–Trinajstić information content (AvgIpc) is 2.38. The highest BCUT2D eigenvalue weighted by molar-refractivity contribution is 5.85. The smallest absolute Gasteiger partial charge is 0.130 e. The zero-order valence-corrected chi connectivity index (χ0v) is 12.4. The molecule has 0 aliphatic carbocycles. The molecule has 4 heteroatoms. The maximum atomic E-state index is 5.92. The number of hydrogen-bond donors (Lipinski definition) is 0. The van der Waals surface area contributed by atoms with Crippen molar-refractivity contribution in [2.45, 2.75) is 19.4 Å². The van der Waals surface area contributed by atoms with Crippen LogP contribution in [0, 0.1) is 6.92 Å². The number of methoxy groups -OCH3 is 1. The Balaban J connectivity index is 0.00000133. The number of fused-ring (bicyclic) bond motifs is 3. The van der Waals surface area contributed by atoms with Gasteiger partial charge in [-0.15, -0.1) is 12.4 Å². The molecule has 19 heavy (non-hydrogen) atoms. The SMILES string of the molecule is COc1cc(C)c2c(c1)OCC1C2=CCCN1C.Cl. The van der Waals surface area contributed by atoms with E-state index in [1.165, 1.54) is 16.7 Å². The van der Waals surface area contributed by atoms with E-state index in [1.807, 2.05) is 6.07 Å². The van der Waals surface area contributed by atoms with Crippen LogP contribution in [-0.4, -0.2) is 38.3 Å². The van der Waals surface area contributed by atoms with Crippen LogP contribution in [0.1, 0.15) is 17.5 Å². The second kappa shape index (κ2) is 5.43. The normalized spacial score (nSPS) is 21.4. The molecule has 0 amide bonds. The Bertz CT molecular complexity index is 513. The molecule has 2 heterocycles. The van der Waals surface area contributed by atoms with Gasteiger partial charge in [0.2, 0.25) is 0 Å². The van der Waals surface area contributed by atoms with Gasteiger partial charge >= 0.3 is 0 Å². The Labute approximate surface area is 120 Å². The molecule has 0 fully saturated rings. The van der Waals surface area contributed by atoms with E-state index < -0.39 is 0 Å². The summed E-state index contributed by atoms with van der Waals surface area (Å²) in [6.45, 7) is 3.98. The van der Waals surface area contributed by atoms with Crippen molar-refractivity contribution < 1.29 is 9.47 Å². The van der Waals surface area contributed by atoms with Gasteiger partial charge in [-0.05, 0) is 37.6 Å². The predicted octanol–water partition coefficient (Wildman–Crippen LogP) is 2.91. The predicted molar refractivity (Wildman–Crippen MR) is 79.5 cm³/mol. The largest absolute Gasteiger partial charge is 0.497 e. The van der Waals surface area contributed by atoms with Crippen LogP contribution in [0.15, 0.2) is 18.2 Å². The van der Waals surface area contributed by atoms with Crippen LogP contribution in [-0.2, 0) is 0 Å². The number of nitrogens with zero attached hydrogens (tertiary/aromatic N) is 1. The van der Waals surface area contributed by atoms with Crippen molar-refractivity contribution in [1.82, 2.24) is 4.90 Å². The Morgan fingerprint density at radius 2 is 2.16 bits per heavy atom. The Hall–Kier alpha value is -1.19. The molecule has 1 unspecified atom stereocenters. The molecule has 2 aliphatic rings. The summed E-state index contributed by atoms with van der Waals surface area (Å²) >= 11 is 0. The third kappa shape index (κ3) is 2.33. The van der Waals surface area contributed by atoms with Crippen molar-refractivity contribution in [3.05, 3.63) is 29.3 Å². The van der Waals surface area contributed by atoms with Gasteiger partial charge in [-0.1, -0.05) is 6.08 Å². The second-order valence-electron chi connectivity index (χ2n) is 5.07. The van der Waals surface area contributed by atoms with Crippen LogP contribution >= 0.6 is 12.4 Å². The molecule has 2 aliphatic heterocycles. The average molecular weight is 282 g/mol. The highest BCUT2D eigenvalue weighted by Gasteiger charge is 2.31. The standard InChI is InChI=1S/C15H19NO2.ClH/c1-10-7-11(17-3)8-14-15(10)12-5-4-6-16(2)13(12)9-18-14;/h5,7-8,13H,4,6,9H2,1-3H3;1H. The molecule has 1 aromatic rings. The molecule has 0 aromatic heterocycles. The van der Waals surface area contributed by atoms with E-state index in [-0.39, 0.29) is 12.4 Å². The van der Waals surface area contributed by atoms with Crippen molar-refractivity contribution in [3.8, 4) is 11.5 Å². The van der Waals surface area contributed by atoms with Crippen LogP contribution in [0.4, 0.5) is 0 Å². The number of aryl methyl sites for hydroxylation is 1. The van der Waals surface area contributed by atoms with Gasteiger partial charge in [0.15, 0.2) is 0 Å². The molecule has 0 radical (unpaired) electrons. The molecule has 1 aromatic carbocycles. The lowest BCUT2D eigenvalue weighted by atomic mass is 9.88. The number of rotatable bonds is 1. The molecular weight excluding hydrogens is 262 g/mol. The topological polar surface area (TPSA) is 21.7 Å². The summed E-state index contributed by atoms with van der Waals surface area (Å²) < 4.78 is 11.2. The molecule has 0 bridgehead atoms. The summed E-state index contributed by atoms with van der Waals surface area (Å²) in [4.78, 5) is 2.38. The summed E-state index contributed by atoms with van der Waals surface area (Å²) in [5, 5.41) is 0. The van der Waals surface area contributed by atoms with Crippen LogP contribution in [0.25, 0.3) is 5.57 Å². The molecule has 0 saturated carbocycles. The third-order valence-corrected chi connectivity index (χ3v) is 3.93. The van der Waals surface area contributed by atoms with E-state index in [0.29, 0.717) is 6.04 Å². The van der Waals surface area contributed by atoms with Crippen LogP contribution in [0.5, 0.6) is 11.5 Å². The van der Waals surface area contributed by atoms with Gasteiger partial charge in [0, 0.05) is 18.2 Å². The van der Waals surface area contributed by atoms with Gasteiger partial charge in [-0.25, -0.2) is 0 Å². The number of hydrogen-bond acceptors (Lipinski definition) is 3. The maximum absolute atomic E-state index is 5.92. The molecule has 0 N–H and O–H groups in total. The van der Waals surface area contributed by atoms with Crippen molar-refractivity contribution in [2.24, 2.45) is 0 Å². The number of ether oxygens (including phenoxy) is 2. The lowest BCUT2D eigenvalue weighted by Crippen LogP contribution is -2.42. The lowest BCUT2D eigenvalue weighted by molar-refractivity contribution is 0.183. The first-order valence-electron chi connectivity index (χ1n) is 6.43. The van der Waals surface area contributed by atoms with E-state index >= 15 is 0 Å². The Morgan fingerprint density at radius 3 is 2.89 bits per heavy atom. The van der Waals surface area contributed by atoms with E-state index in [1.54, 1.807) is 7.11 Å². The number of benzene rings is 1. The molecule has 1 atom stereocenters. The van der Waals surface area contributed by atoms with Crippen LogP contribution in [0.3, 0.4) is 0 Å². The van der Waals surface area contributed by atoms with E-state index in [0.717, 1.165) is 31.1 Å². The lowest BCUT2D eigenvalue weighted by Gasteiger charge is -2.38. The molecule has 0 saturated heterocycles. The Kier molecular flexibility index (Phi) is 4.07. The van der Waals surface area contributed by atoms with Crippen molar-refractivity contribution in [3.63, 3.8) is 0 Å². The van der Waals surface area contributed by atoms with Gasteiger partial charge in [0.1, 0.15) is 18.1 Å². The van der Waals surface area contributed by atoms with Gasteiger partial charge in [-0.3, -0.25) is 4.90 Å². The van der Waals surface area contributed by atoms with E-state index in [9.17, 15) is 0 Å². The van der Waals surface area contributed by atoms with Crippen molar-refractivity contribution in [2.75, 3.05) is 27.3 Å². The van der Waals surface area contributed by atoms with Gasteiger partial charge in [0.25, 0.3) is 0 Å². The molecule has 104 valence electrons. The Morgan fingerprint density at radius 1 is 1.37 bits per heavy atom. The van der Waals surface area contributed by atoms with Gasteiger partial charge in [0.05, 0.1) is 13.2 Å². The summed E-state index contributed by atoms with van der Waals surface area (Å²) in [6, 6.07) is 4.48. The monoisotopic (exact) mass is 281 g/mol. The van der Waals surface area contributed by atoms with Gasteiger partial charge < -0.3 is 9.47 Å². The van der Waals surface area contributed by atoms with Crippen LogP contribution < -0.4 is 9.47 Å². The first kappa shape index (κ1) is 14.2. The minimum Gasteiger partial charge on any atom is -0.497 e. The zero-order valence-electron chi connectivity index (χ0n) is 11.6. The van der Waals surface area contributed by atoms with E-state index in [4.69, 9.17) is 9.47 Å². The quantitative estimate of drug-likeness (QED) is 0.790. The van der Waals surface area contributed by atoms with Crippen molar-refractivity contribution >= 4 is 18.0 Å². The molecule has 3 nitrogen and oxygen atoms in total. The summed E-state index contributed by atoms with van der Waals surface area (Å²) in [7, 11) is 3.87. The van der Waals surface area contributed by atoms with Crippen LogP contribution in [0.2, 0.25) is 0 Å². The molecule has 3 rings (SSSR count). The summed E-state index contributed by atoms with van der Waals surface area (Å²) in [5.41, 5.74) is 3.92. The molecule has 0 spiro atoms. The molecular formula is C15H20ClNO2. The highest BCUT2D eigenvalue weighted by Crippen LogP contribution is 2.41. The minimum absolute atomic E-state index is 0. The fourth-order valence-electron chi connectivity index (χ4n) is 2.93. The second-order valence-corrected chi connectivity index (χ2v) is 5.07. The third-order valence-electron chi connectivity index (χ3n) is 3.93. The highest BCUT2D eigenvalue weighted by atomic mass is 35.5. The maximum Gasteiger partial charge on any atom is 0.130 e. The zero-order chi connectivity index (χ0) is 12.7. The first-order chi connectivity index (χ1) is 8.70. The minimum atomic E-state index is 0. The fraction of sp³-hybridized carbons (Fsp3) is 0.467. The first-order valence-corrected chi connectivity index (χ1v) is 6.43.